The third-order valence-corrected chi connectivity index (χ3v) is 4.90. The number of ether oxygens (including phenoxy) is 1. The van der Waals surface area contributed by atoms with Crippen LogP contribution in [0.5, 0.6) is 0 Å². The molecule has 0 radical (unpaired) electrons. The van der Waals surface area contributed by atoms with Crippen molar-refractivity contribution < 1.29 is 9.53 Å². The first-order valence-electron chi connectivity index (χ1n) is 7.27. The minimum absolute atomic E-state index is 0.192. The number of fused-ring (bicyclic) bond motifs is 1. The average Bonchev–Trinajstić information content (AvgIpc) is 3.07. The molecule has 0 unspecified atom stereocenters. The molecule has 0 atom stereocenters. The van der Waals surface area contributed by atoms with Crippen LogP contribution in [-0.4, -0.2) is 15.4 Å². The van der Waals surface area contributed by atoms with Gasteiger partial charge in [0.2, 0.25) is 0 Å². The number of pyridine rings is 1. The first-order chi connectivity index (χ1) is 10.6. The van der Waals surface area contributed by atoms with E-state index in [1.165, 1.54) is 16.2 Å². The molecule has 0 aliphatic carbocycles. The van der Waals surface area contributed by atoms with Crippen molar-refractivity contribution in [3.05, 3.63) is 57.2 Å². The van der Waals surface area contributed by atoms with Crippen molar-refractivity contribution >= 4 is 23.0 Å². The van der Waals surface area contributed by atoms with E-state index < -0.39 is 0 Å². The SMILES string of the molecule is CCc1sc(C(=O)OCc2cn3cc(C)ccc3n2)cc1C. The molecule has 0 N–H and O–H groups in total. The van der Waals surface area contributed by atoms with Gasteiger partial charge in [0.1, 0.15) is 17.1 Å². The summed E-state index contributed by atoms with van der Waals surface area (Å²) in [6.45, 7) is 6.34. The Balaban J connectivity index is 1.71. The third kappa shape index (κ3) is 2.90. The van der Waals surface area contributed by atoms with Crippen LogP contribution in [0.1, 0.15) is 38.3 Å². The van der Waals surface area contributed by atoms with Gasteiger partial charge in [-0.25, -0.2) is 9.78 Å². The highest BCUT2D eigenvalue weighted by Crippen LogP contribution is 2.23. The molecule has 0 spiro atoms. The molecule has 0 fully saturated rings. The van der Waals surface area contributed by atoms with Gasteiger partial charge in [0.15, 0.2) is 0 Å². The van der Waals surface area contributed by atoms with Gasteiger partial charge < -0.3 is 9.14 Å². The number of carbonyl (C=O) groups excluding carboxylic acids is 1. The lowest BCUT2D eigenvalue weighted by atomic mass is 10.2. The number of hydrogen-bond acceptors (Lipinski definition) is 4. The maximum absolute atomic E-state index is 12.1. The van der Waals surface area contributed by atoms with Gasteiger partial charge in [0.05, 0.1) is 5.69 Å². The second-order valence-corrected chi connectivity index (χ2v) is 6.49. The standard InChI is InChI=1S/C17H18N2O2S/c1-4-14-12(3)7-15(22-14)17(20)21-10-13-9-19-8-11(2)5-6-16(19)18-13/h5-9H,4,10H2,1-3H3. The van der Waals surface area contributed by atoms with E-state index in [1.807, 2.05) is 48.8 Å². The molecule has 0 aliphatic rings. The van der Waals surface area contributed by atoms with Crippen molar-refractivity contribution in [1.82, 2.24) is 9.38 Å². The van der Waals surface area contributed by atoms with Gasteiger partial charge in [-0.2, -0.15) is 0 Å². The van der Waals surface area contributed by atoms with Crippen molar-refractivity contribution in [2.24, 2.45) is 0 Å². The second kappa shape index (κ2) is 5.93. The molecular weight excluding hydrogens is 296 g/mol. The maximum atomic E-state index is 12.1. The second-order valence-electron chi connectivity index (χ2n) is 5.35. The Labute approximate surface area is 133 Å². The predicted octanol–water partition coefficient (Wildman–Crippen LogP) is 3.93. The summed E-state index contributed by atoms with van der Waals surface area (Å²) < 4.78 is 7.33. The molecule has 22 heavy (non-hydrogen) atoms. The number of thiophene rings is 1. The lowest BCUT2D eigenvalue weighted by Crippen LogP contribution is -2.03. The largest absolute Gasteiger partial charge is 0.455 e. The Hall–Kier alpha value is -2.14. The van der Waals surface area contributed by atoms with Crippen LogP contribution >= 0.6 is 11.3 Å². The van der Waals surface area contributed by atoms with E-state index in [9.17, 15) is 4.79 Å². The highest BCUT2D eigenvalue weighted by atomic mass is 32.1. The van der Waals surface area contributed by atoms with Gasteiger partial charge in [-0.05, 0) is 43.5 Å². The molecule has 0 aromatic carbocycles. The van der Waals surface area contributed by atoms with Crippen LogP contribution in [0, 0.1) is 13.8 Å². The van der Waals surface area contributed by atoms with Gasteiger partial charge >= 0.3 is 5.97 Å². The molecule has 0 aliphatic heterocycles. The quantitative estimate of drug-likeness (QED) is 0.685. The van der Waals surface area contributed by atoms with E-state index in [2.05, 4.69) is 11.9 Å². The van der Waals surface area contributed by atoms with Gasteiger partial charge in [-0.15, -0.1) is 11.3 Å². The van der Waals surface area contributed by atoms with E-state index in [1.54, 1.807) is 0 Å². The van der Waals surface area contributed by atoms with E-state index in [0.717, 1.165) is 28.9 Å². The molecule has 0 saturated heterocycles. The lowest BCUT2D eigenvalue weighted by molar-refractivity contribution is 0.0474. The monoisotopic (exact) mass is 314 g/mol. The Morgan fingerprint density at radius 1 is 1.32 bits per heavy atom. The fraction of sp³-hybridized carbons (Fsp3) is 0.294. The smallest absolute Gasteiger partial charge is 0.348 e. The predicted molar refractivity (Wildman–Crippen MR) is 87.5 cm³/mol. The topological polar surface area (TPSA) is 43.6 Å². The van der Waals surface area contributed by atoms with Crippen LogP contribution in [0.15, 0.2) is 30.6 Å². The Morgan fingerprint density at radius 2 is 2.14 bits per heavy atom. The zero-order valence-electron chi connectivity index (χ0n) is 12.9. The van der Waals surface area contributed by atoms with E-state index in [0.29, 0.717) is 4.88 Å². The fourth-order valence-corrected chi connectivity index (χ4v) is 3.41. The molecule has 3 heterocycles. The van der Waals surface area contributed by atoms with Crippen LogP contribution < -0.4 is 0 Å². The van der Waals surface area contributed by atoms with Crippen molar-refractivity contribution in [2.45, 2.75) is 33.8 Å². The summed E-state index contributed by atoms with van der Waals surface area (Å²) in [7, 11) is 0. The number of aryl methyl sites for hydroxylation is 3. The molecule has 0 saturated carbocycles. The van der Waals surface area contributed by atoms with Crippen LogP contribution in [-0.2, 0) is 17.8 Å². The summed E-state index contributed by atoms with van der Waals surface area (Å²) in [6, 6.07) is 5.87. The zero-order valence-corrected chi connectivity index (χ0v) is 13.7. The lowest BCUT2D eigenvalue weighted by Gasteiger charge is -1.99. The van der Waals surface area contributed by atoms with Gasteiger partial charge in [-0.1, -0.05) is 13.0 Å². The molecule has 3 aromatic rings. The summed E-state index contributed by atoms with van der Waals surface area (Å²) >= 11 is 1.51. The van der Waals surface area contributed by atoms with E-state index >= 15 is 0 Å². The average molecular weight is 314 g/mol. The maximum Gasteiger partial charge on any atom is 0.348 e. The number of rotatable bonds is 4. The molecule has 3 rings (SSSR count). The van der Waals surface area contributed by atoms with Crippen molar-refractivity contribution in [3.8, 4) is 0 Å². The van der Waals surface area contributed by atoms with Crippen LogP contribution in [0.25, 0.3) is 5.65 Å². The van der Waals surface area contributed by atoms with Gasteiger partial charge in [-0.3, -0.25) is 0 Å². The molecule has 5 heteroatoms. The number of carbonyl (C=O) groups is 1. The van der Waals surface area contributed by atoms with Gasteiger partial charge in [0, 0.05) is 17.3 Å². The van der Waals surface area contributed by atoms with Gasteiger partial charge in [0.25, 0.3) is 0 Å². The highest BCUT2D eigenvalue weighted by Gasteiger charge is 2.14. The zero-order chi connectivity index (χ0) is 15.7. The summed E-state index contributed by atoms with van der Waals surface area (Å²) in [4.78, 5) is 18.5. The minimum atomic E-state index is -0.277. The molecule has 114 valence electrons. The number of imidazole rings is 1. The number of esters is 1. The molecule has 0 amide bonds. The van der Waals surface area contributed by atoms with Crippen LogP contribution in [0.2, 0.25) is 0 Å². The third-order valence-electron chi connectivity index (χ3n) is 3.54. The Morgan fingerprint density at radius 3 is 2.86 bits per heavy atom. The Kier molecular flexibility index (Phi) is 3.98. The molecule has 0 bridgehead atoms. The highest BCUT2D eigenvalue weighted by molar-refractivity contribution is 7.14. The van der Waals surface area contributed by atoms with Crippen molar-refractivity contribution in [3.63, 3.8) is 0 Å². The number of aromatic nitrogens is 2. The summed E-state index contributed by atoms with van der Waals surface area (Å²) in [5, 5.41) is 0. The minimum Gasteiger partial charge on any atom is -0.455 e. The normalized spacial score (nSPS) is 11.0. The molecule has 4 nitrogen and oxygen atoms in total. The fourth-order valence-electron chi connectivity index (χ4n) is 2.41. The summed E-state index contributed by atoms with van der Waals surface area (Å²) in [5.74, 6) is -0.277. The van der Waals surface area contributed by atoms with Crippen molar-refractivity contribution in [1.29, 1.82) is 0 Å². The van der Waals surface area contributed by atoms with Crippen LogP contribution in [0.4, 0.5) is 0 Å². The van der Waals surface area contributed by atoms with Crippen molar-refractivity contribution in [2.75, 3.05) is 0 Å². The first kappa shape index (κ1) is 14.8. The first-order valence-corrected chi connectivity index (χ1v) is 8.09. The Bertz CT molecular complexity index is 832. The number of hydrogen-bond donors (Lipinski definition) is 0. The summed E-state index contributed by atoms with van der Waals surface area (Å²) in [6.07, 6.45) is 4.84. The molecule has 3 aromatic heterocycles. The summed E-state index contributed by atoms with van der Waals surface area (Å²) in [5.41, 5.74) is 3.93. The molecular formula is C17H18N2O2S. The van der Waals surface area contributed by atoms with E-state index in [4.69, 9.17) is 4.74 Å². The van der Waals surface area contributed by atoms with E-state index in [-0.39, 0.29) is 12.6 Å². The number of nitrogens with zero attached hydrogens (tertiary/aromatic N) is 2. The van der Waals surface area contributed by atoms with Crippen LogP contribution in [0.3, 0.4) is 0 Å².